The number of nitrogens with two attached hydrogens (primary N) is 4. The Balaban J connectivity index is 1.92. The van der Waals surface area contributed by atoms with Crippen molar-refractivity contribution in [1.29, 1.82) is 0 Å². The Morgan fingerprint density at radius 2 is 1.08 bits per heavy atom. The molecule has 0 radical (unpaired) electrons. The molecule has 3 aromatic rings. The van der Waals surface area contributed by atoms with Crippen LogP contribution in [0.15, 0.2) is 60.8 Å². The normalized spacial score (nSPS) is 14.7. The van der Waals surface area contributed by atoms with Gasteiger partial charge < -0.3 is 70.5 Å². The molecular weight excluding hydrogens is 1020 g/mol. The second kappa shape index (κ2) is 34.6. The third kappa shape index (κ3) is 23.3. The van der Waals surface area contributed by atoms with E-state index in [1.54, 1.807) is 27.0 Å². The fourth-order valence-corrected chi connectivity index (χ4v) is 8.63. The number of carbonyl (C=O) groups is 10. The molecule has 79 heavy (non-hydrogen) atoms. The maximum atomic E-state index is 14.6. The van der Waals surface area contributed by atoms with E-state index in [2.05, 4.69) is 52.8 Å². The summed E-state index contributed by atoms with van der Waals surface area (Å²) in [5.41, 5.74) is 24.8. The predicted octanol–water partition coefficient (Wildman–Crippen LogP) is -0.481. The zero-order valence-corrected chi connectivity index (χ0v) is 46.5. The fourth-order valence-electron chi connectivity index (χ4n) is 8.63. The Kier molecular flexibility index (Phi) is 28.9. The smallest absolute Gasteiger partial charge is 0.243 e. The number of ketones is 1. The van der Waals surface area contributed by atoms with Gasteiger partial charge in [0.05, 0.1) is 6.04 Å². The topological polar surface area (TPSA) is 399 Å². The SMILES string of the molecule is CCC(C)[C@H](NC(=O)[C@H](CCCCN)NC(=O)[C@@H](NC(=O)[C@H](CCC(N)=O)NC(=O)[C@H](CCCNC(N)N)NC(=O)CCNC(C)=O)C(C)CC)C(=O)N[C@@H](Cc1c[nH]c2ccccc12)C(=O)N[C@@H](Cc1ccccc1)C(C)=O. The Labute approximate surface area is 462 Å². The van der Waals surface area contributed by atoms with Crippen LogP contribution in [0, 0.1) is 11.8 Å². The lowest BCUT2D eigenvalue weighted by molar-refractivity contribution is -0.137. The maximum Gasteiger partial charge on any atom is 0.243 e. The largest absolute Gasteiger partial charge is 0.370 e. The molecule has 0 bridgehead atoms. The molecule has 436 valence electrons. The molecular formula is C55H86N14O10. The number of rotatable bonds is 37. The number of aromatic amines is 1. The molecule has 0 aliphatic carbocycles. The summed E-state index contributed by atoms with van der Waals surface area (Å²) in [6, 6.07) is 8.12. The molecule has 3 rings (SSSR count). The third-order valence-electron chi connectivity index (χ3n) is 13.7. The van der Waals surface area contributed by atoms with Crippen LogP contribution in [0.5, 0.6) is 0 Å². The number of Topliss-reactive ketones (excluding diaryl/α,β-unsaturated/α-hetero) is 1. The van der Waals surface area contributed by atoms with Gasteiger partial charge in [0.2, 0.25) is 53.2 Å². The molecule has 0 saturated carbocycles. The van der Waals surface area contributed by atoms with Crippen molar-refractivity contribution >= 4 is 69.9 Å². The van der Waals surface area contributed by atoms with E-state index in [9.17, 15) is 47.9 Å². The summed E-state index contributed by atoms with van der Waals surface area (Å²) in [5.74, 6) is -7.49. The molecule has 9 atom stereocenters. The van der Waals surface area contributed by atoms with Crippen LogP contribution >= 0.6 is 0 Å². The first-order valence-electron chi connectivity index (χ1n) is 27.3. The lowest BCUT2D eigenvalue weighted by Gasteiger charge is -2.31. The molecule has 0 aliphatic rings. The molecule has 24 nitrogen and oxygen atoms in total. The second-order valence-electron chi connectivity index (χ2n) is 20.1. The van der Waals surface area contributed by atoms with Crippen LogP contribution in [0.3, 0.4) is 0 Å². The number of H-pyrrole nitrogens is 1. The zero-order chi connectivity index (χ0) is 58.6. The summed E-state index contributed by atoms with van der Waals surface area (Å²) < 4.78 is 0. The standard InChI is InChI=1S/C55H86N14O10/c1-7-32(3)47(69-51(76)42(23-24-45(57)72)64-49(74)40(22-16-27-61-55(58)59)63-46(73)25-28-60-35(6)71)53(78)65-41(21-14-15-26-56)50(75)68-48(33(4)8-2)54(79)67-44(30-37-31-62-39-20-13-12-19-38(37)39)52(77)66-43(34(5)70)29-36-17-10-9-11-18-36/h9-13,17-20,31-33,40-44,47-48,55,61-62H,7-8,14-16,21-30,56,58-59H2,1-6H3,(H2,57,72)(H,60,71)(H,63,73)(H,64,74)(H,65,78)(H,66,77)(H,67,79)(H,68,75)(H,69,76)/t32?,33?,40-,41-,42-,43-,44-,47-,48-/m0/s1. The highest BCUT2D eigenvalue weighted by atomic mass is 16.2. The highest BCUT2D eigenvalue weighted by molar-refractivity contribution is 5.98. The van der Waals surface area contributed by atoms with E-state index < -0.39 is 108 Å². The van der Waals surface area contributed by atoms with Gasteiger partial charge in [-0.15, -0.1) is 0 Å². The van der Waals surface area contributed by atoms with Gasteiger partial charge in [0, 0.05) is 49.8 Å². The van der Waals surface area contributed by atoms with Crippen LogP contribution in [0.2, 0.25) is 0 Å². The number of hydrogen-bond donors (Lipinski definition) is 14. The van der Waals surface area contributed by atoms with Crippen LogP contribution in [0.25, 0.3) is 10.9 Å². The second-order valence-corrected chi connectivity index (χ2v) is 20.1. The summed E-state index contributed by atoms with van der Waals surface area (Å²) >= 11 is 0. The number of carbonyl (C=O) groups excluding carboxylic acids is 10. The highest BCUT2D eigenvalue weighted by Gasteiger charge is 2.37. The molecule has 2 unspecified atom stereocenters. The number of amides is 9. The van der Waals surface area contributed by atoms with Gasteiger partial charge >= 0.3 is 0 Å². The minimum absolute atomic E-state index is 0.000713. The summed E-state index contributed by atoms with van der Waals surface area (Å²) in [6.07, 6.45) is 2.41. The van der Waals surface area contributed by atoms with Gasteiger partial charge in [-0.2, -0.15) is 0 Å². The molecule has 9 amide bonds. The van der Waals surface area contributed by atoms with E-state index in [0.29, 0.717) is 32.1 Å². The predicted molar refractivity (Wildman–Crippen MR) is 299 cm³/mol. The molecule has 2 aromatic carbocycles. The van der Waals surface area contributed by atoms with Crippen molar-refractivity contribution in [1.82, 2.24) is 52.8 Å². The number of unbranched alkanes of at least 4 members (excludes halogenated alkanes) is 1. The van der Waals surface area contributed by atoms with E-state index in [4.69, 9.17) is 22.9 Å². The quantitative estimate of drug-likeness (QED) is 0.0256. The molecule has 18 N–H and O–H groups in total. The Morgan fingerprint density at radius 3 is 1.65 bits per heavy atom. The number of primary amides is 1. The van der Waals surface area contributed by atoms with Crippen molar-refractivity contribution in [2.24, 2.45) is 34.8 Å². The number of para-hydroxylation sites is 1. The monoisotopic (exact) mass is 1100 g/mol. The molecule has 0 spiro atoms. The van der Waals surface area contributed by atoms with Gasteiger partial charge in [0.1, 0.15) is 42.5 Å². The van der Waals surface area contributed by atoms with Crippen molar-refractivity contribution in [3.63, 3.8) is 0 Å². The van der Waals surface area contributed by atoms with Crippen LogP contribution in [0.4, 0.5) is 0 Å². The van der Waals surface area contributed by atoms with Crippen LogP contribution < -0.4 is 70.8 Å². The third-order valence-corrected chi connectivity index (χ3v) is 13.7. The van der Waals surface area contributed by atoms with Crippen molar-refractivity contribution in [2.75, 3.05) is 19.6 Å². The summed E-state index contributed by atoms with van der Waals surface area (Å²) in [5, 5.41) is 25.5. The van der Waals surface area contributed by atoms with Gasteiger partial charge in [-0.05, 0) is 94.0 Å². The van der Waals surface area contributed by atoms with E-state index in [0.717, 1.165) is 22.0 Å². The molecule has 1 heterocycles. The number of fused-ring (bicyclic) bond motifs is 1. The van der Waals surface area contributed by atoms with E-state index in [-0.39, 0.29) is 76.3 Å². The number of benzene rings is 2. The highest BCUT2D eigenvalue weighted by Crippen LogP contribution is 2.21. The number of hydrogen-bond acceptors (Lipinski definition) is 14. The van der Waals surface area contributed by atoms with Crippen molar-refractivity contribution in [2.45, 2.75) is 167 Å². The van der Waals surface area contributed by atoms with Crippen molar-refractivity contribution < 1.29 is 47.9 Å². The summed E-state index contributed by atoms with van der Waals surface area (Å²) in [4.78, 5) is 139. The Hall–Kier alpha value is -7.28. The Morgan fingerprint density at radius 1 is 0.557 bits per heavy atom. The minimum atomic E-state index is -1.44. The summed E-state index contributed by atoms with van der Waals surface area (Å²) in [7, 11) is 0. The molecule has 1 aromatic heterocycles. The van der Waals surface area contributed by atoms with Gasteiger partial charge in [0.25, 0.3) is 0 Å². The van der Waals surface area contributed by atoms with Gasteiger partial charge in [0.15, 0.2) is 5.78 Å². The average molecular weight is 1100 g/mol. The zero-order valence-electron chi connectivity index (χ0n) is 46.5. The summed E-state index contributed by atoms with van der Waals surface area (Å²) in [6.45, 7) is 10.3. The number of aromatic nitrogens is 1. The van der Waals surface area contributed by atoms with Crippen LogP contribution in [-0.2, 0) is 60.8 Å². The van der Waals surface area contributed by atoms with Gasteiger partial charge in [-0.3, -0.25) is 53.3 Å². The molecule has 0 saturated heterocycles. The fraction of sp³-hybridized carbons (Fsp3) is 0.564. The molecule has 0 fully saturated rings. The first-order chi connectivity index (χ1) is 37.6. The maximum absolute atomic E-state index is 14.6. The lowest BCUT2D eigenvalue weighted by Crippen LogP contribution is -2.61. The van der Waals surface area contributed by atoms with E-state index >= 15 is 0 Å². The minimum Gasteiger partial charge on any atom is -0.370 e. The van der Waals surface area contributed by atoms with E-state index in [1.165, 1.54) is 13.8 Å². The van der Waals surface area contributed by atoms with Gasteiger partial charge in [-0.1, -0.05) is 89.1 Å². The molecule has 0 aliphatic heterocycles. The number of nitrogens with one attached hydrogen (secondary N) is 10. The average Bonchev–Trinajstić information content (AvgIpc) is 3.83. The van der Waals surface area contributed by atoms with Gasteiger partial charge in [-0.25, -0.2) is 0 Å². The lowest BCUT2D eigenvalue weighted by atomic mass is 9.95. The van der Waals surface area contributed by atoms with Crippen LogP contribution in [-0.4, -0.2) is 132 Å². The first-order valence-corrected chi connectivity index (χ1v) is 27.3. The van der Waals surface area contributed by atoms with Crippen molar-refractivity contribution in [3.05, 3.63) is 71.9 Å². The first kappa shape index (κ1) is 66.0. The van der Waals surface area contributed by atoms with Crippen LogP contribution in [0.1, 0.15) is 117 Å². The van der Waals surface area contributed by atoms with Crippen molar-refractivity contribution in [3.8, 4) is 0 Å². The molecule has 24 heteroatoms. The van der Waals surface area contributed by atoms with E-state index in [1.807, 2.05) is 61.5 Å². The Bertz CT molecular complexity index is 2490.